The number of nitrogens with zero attached hydrogens (tertiary/aromatic N) is 2. The molecule has 1 aliphatic heterocycles. The lowest BCUT2D eigenvalue weighted by Gasteiger charge is -2.25. The Labute approximate surface area is 148 Å². The Morgan fingerprint density at radius 1 is 1.35 bits per heavy atom. The number of anilines is 1. The second kappa shape index (κ2) is 7.59. The topological polar surface area (TPSA) is 54.5 Å². The number of rotatable bonds is 4. The molecule has 0 atom stereocenters. The molecule has 1 N–H and O–H groups in total. The van der Waals surface area contributed by atoms with Crippen LogP contribution >= 0.6 is 34.5 Å². The van der Waals surface area contributed by atoms with E-state index < -0.39 is 0 Å². The predicted octanol–water partition coefficient (Wildman–Crippen LogP) is 3.53. The average molecular weight is 372 g/mol. The number of halogens is 2. The quantitative estimate of drug-likeness (QED) is 0.892. The highest BCUT2D eigenvalue weighted by Gasteiger charge is 2.16. The van der Waals surface area contributed by atoms with Crippen molar-refractivity contribution in [3.05, 3.63) is 44.3 Å². The standard InChI is InChI=1S/C15H15Cl2N3O2S/c16-10-2-1-3-11(14(10)17)19-15(21)12-9-23-13(18-12)8-20-4-6-22-7-5-20/h1-3,9H,4-8H2,(H,19,21). The molecule has 0 spiro atoms. The van der Waals surface area contributed by atoms with Gasteiger partial charge in [-0.2, -0.15) is 0 Å². The van der Waals surface area contributed by atoms with E-state index in [9.17, 15) is 4.79 Å². The summed E-state index contributed by atoms with van der Waals surface area (Å²) in [5.74, 6) is -0.293. The fourth-order valence-electron chi connectivity index (χ4n) is 2.23. The van der Waals surface area contributed by atoms with Gasteiger partial charge in [-0.05, 0) is 12.1 Å². The molecule has 1 fully saturated rings. The molecule has 0 saturated carbocycles. The lowest BCUT2D eigenvalue weighted by atomic mass is 10.3. The van der Waals surface area contributed by atoms with Crippen LogP contribution in [-0.2, 0) is 11.3 Å². The van der Waals surface area contributed by atoms with Crippen molar-refractivity contribution < 1.29 is 9.53 Å². The lowest BCUT2D eigenvalue weighted by Crippen LogP contribution is -2.35. The Morgan fingerprint density at radius 2 is 2.13 bits per heavy atom. The molecule has 1 aliphatic rings. The number of thiazole rings is 1. The van der Waals surface area contributed by atoms with Crippen LogP contribution in [0, 0.1) is 0 Å². The number of carbonyl (C=O) groups excluding carboxylic acids is 1. The molecule has 122 valence electrons. The lowest BCUT2D eigenvalue weighted by molar-refractivity contribution is 0.0341. The smallest absolute Gasteiger partial charge is 0.275 e. The molecule has 2 aromatic rings. The Bertz CT molecular complexity index is 702. The number of morpholine rings is 1. The predicted molar refractivity (Wildman–Crippen MR) is 92.6 cm³/mol. The van der Waals surface area contributed by atoms with Crippen LogP contribution in [-0.4, -0.2) is 42.1 Å². The van der Waals surface area contributed by atoms with E-state index in [0.717, 1.165) is 37.9 Å². The van der Waals surface area contributed by atoms with Gasteiger partial charge in [-0.15, -0.1) is 11.3 Å². The Balaban J connectivity index is 1.65. The van der Waals surface area contributed by atoms with Gasteiger partial charge in [0, 0.05) is 18.5 Å². The fourth-order valence-corrected chi connectivity index (χ4v) is 3.39. The van der Waals surface area contributed by atoms with Gasteiger partial charge in [0.05, 0.1) is 35.5 Å². The van der Waals surface area contributed by atoms with Crippen LogP contribution < -0.4 is 5.32 Å². The zero-order chi connectivity index (χ0) is 16.2. The molecular formula is C15H15Cl2N3O2S. The molecule has 5 nitrogen and oxygen atoms in total. The molecule has 0 aliphatic carbocycles. The Kier molecular flexibility index (Phi) is 5.50. The minimum absolute atomic E-state index is 0.293. The zero-order valence-electron chi connectivity index (χ0n) is 12.2. The summed E-state index contributed by atoms with van der Waals surface area (Å²) in [6.45, 7) is 4.00. The number of hydrogen-bond donors (Lipinski definition) is 1. The van der Waals surface area contributed by atoms with Gasteiger partial charge in [-0.1, -0.05) is 29.3 Å². The molecule has 0 unspecified atom stereocenters. The zero-order valence-corrected chi connectivity index (χ0v) is 14.5. The van der Waals surface area contributed by atoms with Crippen molar-refractivity contribution in [3.63, 3.8) is 0 Å². The van der Waals surface area contributed by atoms with Crippen molar-refractivity contribution in [2.75, 3.05) is 31.6 Å². The number of ether oxygens (including phenoxy) is 1. The summed E-state index contributed by atoms with van der Waals surface area (Å²) in [4.78, 5) is 18.9. The van der Waals surface area contributed by atoms with Crippen LogP contribution in [0.3, 0.4) is 0 Å². The van der Waals surface area contributed by atoms with Gasteiger partial charge in [0.25, 0.3) is 5.91 Å². The van der Waals surface area contributed by atoms with Crippen molar-refractivity contribution in [3.8, 4) is 0 Å². The normalized spacial score (nSPS) is 15.6. The van der Waals surface area contributed by atoms with Gasteiger partial charge in [0.15, 0.2) is 0 Å². The van der Waals surface area contributed by atoms with Crippen molar-refractivity contribution in [2.24, 2.45) is 0 Å². The molecule has 1 amide bonds. The van der Waals surface area contributed by atoms with Gasteiger partial charge in [0.1, 0.15) is 10.7 Å². The van der Waals surface area contributed by atoms with Crippen LogP contribution in [0.1, 0.15) is 15.5 Å². The van der Waals surface area contributed by atoms with E-state index in [1.165, 1.54) is 11.3 Å². The second-order valence-corrected chi connectivity index (χ2v) is 6.80. The third-order valence-corrected chi connectivity index (χ3v) is 5.10. The molecule has 8 heteroatoms. The molecule has 3 rings (SSSR count). The highest BCUT2D eigenvalue weighted by atomic mass is 35.5. The van der Waals surface area contributed by atoms with Gasteiger partial charge < -0.3 is 10.1 Å². The van der Waals surface area contributed by atoms with Gasteiger partial charge in [-0.25, -0.2) is 4.98 Å². The number of hydrogen-bond acceptors (Lipinski definition) is 5. The monoisotopic (exact) mass is 371 g/mol. The van der Waals surface area contributed by atoms with Gasteiger partial charge in [-0.3, -0.25) is 9.69 Å². The maximum Gasteiger partial charge on any atom is 0.275 e. The van der Waals surface area contributed by atoms with Crippen LogP contribution in [0.2, 0.25) is 10.0 Å². The second-order valence-electron chi connectivity index (χ2n) is 5.07. The van der Waals surface area contributed by atoms with E-state index in [4.69, 9.17) is 27.9 Å². The first-order valence-electron chi connectivity index (χ1n) is 7.13. The number of nitrogens with one attached hydrogen (secondary N) is 1. The summed E-state index contributed by atoms with van der Waals surface area (Å²) in [7, 11) is 0. The maximum absolute atomic E-state index is 12.3. The average Bonchev–Trinajstić information content (AvgIpc) is 3.01. The van der Waals surface area contributed by atoms with E-state index in [1.54, 1.807) is 23.6 Å². The molecule has 2 heterocycles. The van der Waals surface area contributed by atoms with Gasteiger partial charge >= 0.3 is 0 Å². The first-order valence-corrected chi connectivity index (χ1v) is 8.77. The molecule has 1 saturated heterocycles. The third-order valence-electron chi connectivity index (χ3n) is 3.45. The van der Waals surface area contributed by atoms with E-state index >= 15 is 0 Å². The molecule has 23 heavy (non-hydrogen) atoms. The third kappa shape index (κ3) is 4.22. The summed E-state index contributed by atoms with van der Waals surface area (Å²) < 4.78 is 5.32. The molecule has 0 bridgehead atoms. The highest BCUT2D eigenvalue weighted by Crippen LogP contribution is 2.29. The van der Waals surface area contributed by atoms with E-state index in [1.807, 2.05) is 0 Å². The van der Waals surface area contributed by atoms with Crippen molar-refractivity contribution in [1.29, 1.82) is 0 Å². The number of amides is 1. The summed E-state index contributed by atoms with van der Waals surface area (Å²) >= 11 is 13.5. The molecular weight excluding hydrogens is 357 g/mol. The van der Waals surface area contributed by atoms with Gasteiger partial charge in [0.2, 0.25) is 0 Å². The summed E-state index contributed by atoms with van der Waals surface area (Å²) in [5.41, 5.74) is 0.862. The largest absolute Gasteiger partial charge is 0.379 e. The minimum atomic E-state index is -0.293. The SMILES string of the molecule is O=C(Nc1cccc(Cl)c1Cl)c1csc(CN2CCOCC2)n1. The summed E-state index contributed by atoms with van der Waals surface area (Å²) in [6.07, 6.45) is 0. The van der Waals surface area contributed by atoms with Crippen LogP contribution in [0.5, 0.6) is 0 Å². The van der Waals surface area contributed by atoms with Crippen LogP contribution in [0.4, 0.5) is 5.69 Å². The highest BCUT2D eigenvalue weighted by molar-refractivity contribution is 7.09. The molecule has 1 aromatic carbocycles. The number of carbonyl (C=O) groups is 1. The Morgan fingerprint density at radius 3 is 2.91 bits per heavy atom. The van der Waals surface area contributed by atoms with Crippen molar-refractivity contribution in [2.45, 2.75) is 6.54 Å². The summed E-state index contributed by atoms with van der Waals surface area (Å²) in [6, 6.07) is 5.10. The van der Waals surface area contributed by atoms with E-state index in [-0.39, 0.29) is 5.91 Å². The Hall–Kier alpha value is -1.18. The van der Waals surface area contributed by atoms with Crippen LogP contribution in [0.15, 0.2) is 23.6 Å². The fraction of sp³-hybridized carbons (Fsp3) is 0.333. The van der Waals surface area contributed by atoms with Crippen molar-refractivity contribution in [1.82, 2.24) is 9.88 Å². The van der Waals surface area contributed by atoms with Crippen molar-refractivity contribution >= 4 is 46.1 Å². The minimum Gasteiger partial charge on any atom is -0.379 e. The number of benzene rings is 1. The van der Waals surface area contributed by atoms with Crippen LogP contribution in [0.25, 0.3) is 0 Å². The molecule has 1 aromatic heterocycles. The maximum atomic E-state index is 12.3. The molecule has 0 radical (unpaired) electrons. The first kappa shape index (κ1) is 16.7. The number of aromatic nitrogens is 1. The van der Waals surface area contributed by atoms with E-state index in [0.29, 0.717) is 21.4 Å². The van der Waals surface area contributed by atoms with E-state index in [2.05, 4.69) is 15.2 Å². The summed E-state index contributed by atoms with van der Waals surface area (Å²) in [5, 5.41) is 6.13. The first-order chi connectivity index (χ1) is 11.1.